The third-order valence-electron chi connectivity index (χ3n) is 3.19. The zero-order chi connectivity index (χ0) is 12.3. The van der Waals surface area contributed by atoms with Crippen LogP contribution in [0.15, 0.2) is 18.2 Å². The Kier molecular flexibility index (Phi) is 3.84. The molecule has 1 N–H and O–H groups in total. The molecule has 0 saturated carbocycles. The van der Waals surface area contributed by atoms with Crippen molar-refractivity contribution in [3.63, 3.8) is 0 Å². The minimum atomic E-state index is -0.894. The fourth-order valence-corrected chi connectivity index (χ4v) is 2.16. The monoisotopic (exact) mass is 239 g/mol. The minimum Gasteiger partial charge on any atom is -0.317 e. The number of hydrogen-bond donors (Lipinski definition) is 1. The van der Waals surface area contributed by atoms with E-state index in [0.717, 1.165) is 32.0 Å². The SMILES string of the molecule is O=C(Cc1cccc(F)c1F)C1CCNCC1. The highest BCUT2D eigenvalue weighted by molar-refractivity contribution is 5.83. The molecule has 1 aromatic carbocycles. The molecule has 0 aliphatic carbocycles. The Balaban J connectivity index is 2.04. The average Bonchev–Trinajstić information content (AvgIpc) is 2.36. The van der Waals surface area contributed by atoms with Gasteiger partial charge in [0.05, 0.1) is 0 Å². The van der Waals surface area contributed by atoms with Gasteiger partial charge in [-0.25, -0.2) is 8.78 Å². The smallest absolute Gasteiger partial charge is 0.162 e. The molecule has 0 spiro atoms. The zero-order valence-corrected chi connectivity index (χ0v) is 9.51. The first-order chi connectivity index (χ1) is 8.18. The quantitative estimate of drug-likeness (QED) is 0.875. The maximum Gasteiger partial charge on any atom is 0.162 e. The van der Waals surface area contributed by atoms with Crippen molar-refractivity contribution < 1.29 is 13.6 Å². The molecule has 17 heavy (non-hydrogen) atoms. The molecule has 92 valence electrons. The largest absolute Gasteiger partial charge is 0.317 e. The second-order valence-electron chi connectivity index (χ2n) is 4.38. The number of rotatable bonds is 3. The molecule has 0 atom stereocenters. The Morgan fingerprint density at radius 3 is 2.71 bits per heavy atom. The van der Waals surface area contributed by atoms with Crippen molar-refractivity contribution in [1.82, 2.24) is 5.32 Å². The first-order valence-electron chi connectivity index (χ1n) is 5.85. The Labute approximate surface area is 99.0 Å². The van der Waals surface area contributed by atoms with Gasteiger partial charge in [-0.05, 0) is 37.6 Å². The van der Waals surface area contributed by atoms with Crippen LogP contribution in [0.25, 0.3) is 0 Å². The predicted molar refractivity (Wildman–Crippen MR) is 60.7 cm³/mol. The molecule has 1 aromatic rings. The van der Waals surface area contributed by atoms with Crippen LogP contribution in [0.1, 0.15) is 18.4 Å². The zero-order valence-electron chi connectivity index (χ0n) is 9.51. The molecule has 0 unspecified atom stereocenters. The predicted octanol–water partition coefficient (Wildman–Crippen LogP) is 2.08. The first kappa shape index (κ1) is 12.2. The summed E-state index contributed by atoms with van der Waals surface area (Å²) in [4.78, 5) is 11.9. The van der Waals surface area contributed by atoms with Gasteiger partial charge in [-0.15, -0.1) is 0 Å². The summed E-state index contributed by atoms with van der Waals surface area (Å²) < 4.78 is 26.4. The summed E-state index contributed by atoms with van der Waals surface area (Å²) in [5, 5.41) is 3.17. The normalized spacial score (nSPS) is 17.1. The van der Waals surface area contributed by atoms with Crippen LogP contribution in [0.2, 0.25) is 0 Å². The van der Waals surface area contributed by atoms with Gasteiger partial charge in [0.25, 0.3) is 0 Å². The van der Waals surface area contributed by atoms with E-state index in [9.17, 15) is 13.6 Å². The molecular formula is C13H15F2NO. The molecule has 1 heterocycles. The van der Waals surface area contributed by atoms with E-state index >= 15 is 0 Å². The molecule has 1 aliphatic heterocycles. The van der Waals surface area contributed by atoms with Crippen LogP contribution in [0.4, 0.5) is 8.78 Å². The van der Waals surface area contributed by atoms with Gasteiger partial charge in [-0.3, -0.25) is 4.79 Å². The van der Waals surface area contributed by atoms with Crippen molar-refractivity contribution in [2.75, 3.05) is 13.1 Å². The lowest BCUT2D eigenvalue weighted by atomic mass is 9.90. The third-order valence-corrected chi connectivity index (χ3v) is 3.19. The van der Waals surface area contributed by atoms with E-state index < -0.39 is 11.6 Å². The van der Waals surface area contributed by atoms with Gasteiger partial charge in [-0.2, -0.15) is 0 Å². The number of hydrogen-bond acceptors (Lipinski definition) is 2. The van der Waals surface area contributed by atoms with Gasteiger partial charge in [0, 0.05) is 12.3 Å². The van der Waals surface area contributed by atoms with E-state index in [2.05, 4.69) is 5.32 Å². The number of carbonyl (C=O) groups is 1. The standard InChI is InChI=1S/C13H15F2NO/c14-11-3-1-2-10(13(11)15)8-12(17)9-4-6-16-7-5-9/h1-3,9,16H,4-8H2. The van der Waals surface area contributed by atoms with Gasteiger partial charge in [-0.1, -0.05) is 12.1 Å². The Hall–Kier alpha value is -1.29. The molecular weight excluding hydrogens is 224 g/mol. The number of Topliss-reactive ketones (excluding diaryl/α,β-unsaturated/α-hetero) is 1. The van der Waals surface area contributed by atoms with E-state index in [-0.39, 0.29) is 23.7 Å². The fraction of sp³-hybridized carbons (Fsp3) is 0.462. The molecule has 1 fully saturated rings. The van der Waals surface area contributed by atoms with E-state index in [1.165, 1.54) is 12.1 Å². The highest BCUT2D eigenvalue weighted by Crippen LogP contribution is 2.18. The lowest BCUT2D eigenvalue weighted by Crippen LogP contribution is -2.32. The van der Waals surface area contributed by atoms with Crippen molar-refractivity contribution in [2.45, 2.75) is 19.3 Å². The second kappa shape index (κ2) is 5.36. The lowest BCUT2D eigenvalue weighted by molar-refractivity contribution is -0.123. The molecule has 0 aromatic heterocycles. The molecule has 1 saturated heterocycles. The van der Waals surface area contributed by atoms with Crippen LogP contribution in [0.5, 0.6) is 0 Å². The van der Waals surface area contributed by atoms with Crippen LogP contribution < -0.4 is 5.32 Å². The number of halogens is 2. The van der Waals surface area contributed by atoms with Crippen molar-refractivity contribution in [1.29, 1.82) is 0 Å². The summed E-state index contributed by atoms with van der Waals surface area (Å²) in [6.07, 6.45) is 1.57. The summed E-state index contributed by atoms with van der Waals surface area (Å²) in [7, 11) is 0. The molecule has 0 amide bonds. The van der Waals surface area contributed by atoms with Gasteiger partial charge >= 0.3 is 0 Å². The topological polar surface area (TPSA) is 29.1 Å². The Morgan fingerprint density at radius 2 is 2.00 bits per heavy atom. The highest BCUT2D eigenvalue weighted by Gasteiger charge is 2.22. The van der Waals surface area contributed by atoms with Crippen LogP contribution in [0, 0.1) is 17.6 Å². The van der Waals surface area contributed by atoms with E-state index in [4.69, 9.17) is 0 Å². The summed E-state index contributed by atoms with van der Waals surface area (Å²) in [6.45, 7) is 1.64. The minimum absolute atomic E-state index is 0.00569. The van der Waals surface area contributed by atoms with Gasteiger partial charge < -0.3 is 5.32 Å². The summed E-state index contributed by atoms with van der Waals surface area (Å²) in [6, 6.07) is 3.97. The summed E-state index contributed by atoms with van der Waals surface area (Å²) >= 11 is 0. The van der Waals surface area contributed by atoms with Crippen LogP contribution in [0.3, 0.4) is 0 Å². The van der Waals surface area contributed by atoms with Gasteiger partial charge in [0.1, 0.15) is 5.78 Å². The number of ketones is 1. The van der Waals surface area contributed by atoms with Crippen molar-refractivity contribution in [2.24, 2.45) is 5.92 Å². The average molecular weight is 239 g/mol. The number of benzene rings is 1. The molecule has 0 bridgehead atoms. The van der Waals surface area contributed by atoms with Crippen molar-refractivity contribution in [3.8, 4) is 0 Å². The third kappa shape index (κ3) is 2.88. The van der Waals surface area contributed by atoms with E-state index in [1.54, 1.807) is 0 Å². The van der Waals surface area contributed by atoms with Crippen LogP contribution >= 0.6 is 0 Å². The molecule has 4 heteroatoms. The van der Waals surface area contributed by atoms with Crippen LogP contribution in [-0.2, 0) is 11.2 Å². The second-order valence-corrected chi connectivity index (χ2v) is 4.38. The molecule has 1 aliphatic rings. The van der Waals surface area contributed by atoms with Gasteiger partial charge in [0.2, 0.25) is 0 Å². The maximum atomic E-state index is 13.4. The summed E-state index contributed by atoms with van der Waals surface area (Å²) in [5.41, 5.74) is 0.161. The van der Waals surface area contributed by atoms with E-state index in [0.29, 0.717) is 0 Å². The molecule has 2 rings (SSSR count). The molecule has 0 radical (unpaired) electrons. The lowest BCUT2D eigenvalue weighted by Gasteiger charge is -2.21. The van der Waals surface area contributed by atoms with Crippen molar-refractivity contribution in [3.05, 3.63) is 35.4 Å². The Morgan fingerprint density at radius 1 is 1.29 bits per heavy atom. The van der Waals surface area contributed by atoms with Gasteiger partial charge in [0.15, 0.2) is 11.6 Å². The maximum absolute atomic E-state index is 13.4. The fourth-order valence-electron chi connectivity index (χ4n) is 2.16. The highest BCUT2D eigenvalue weighted by atomic mass is 19.2. The number of nitrogens with one attached hydrogen (secondary N) is 1. The number of piperidine rings is 1. The van der Waals surface area contributed by atoms with Crippen molar-refractivity contribution >= 4 is 5.78 Å². The molecule has 2 nitrogen and oxygen atoms in total. The number of carbonyl (C=O) groups excluding carboxylic acids is 1. The van der Waals surface area contributed by atoms with E-state index in [1.807, 2.05) is 0 Å². The Bertz CT molecular complexity index is 414. The first-order valence-corrected chi connectivity index (χ1v) is 5.85. The van der Waals surface area contributed by atoms with Crippen LogP contribution in [-0.4, -0.2) is 18.9 Å². The summed E-state index contributed by atoms with van der Waals surface area (Å²) in [5.74, 6) is -1.79.